The van der Waals surface area contributed by atoms with Crippen LogP contribution in [0.5, 0.6) is 0 Å². The number of nitrogens with zero attached hydrogens (tertiary/aromatic N) is 1. The van der Waals surface area contributed by atoms with Gasteiger partial charge < -0.3 is 5.32 Å². The summed E-state index contributed by atoms with van der Waals surface area (Å²) in [7, 11) is 0. The average molecular weight is 184 g/mol. The Bertz CT molecular complexity index is 160. The SMILES string of the molecule is CC1CNCC(C)N(C(C)(C)C)C1. The monoisotopic (exact) mass is 184 g/mol. The van der Waals surface area contributed by atoms with Crippen molar-refractivity contribution in [3.05, 3.63) is 0 Å². The summed E-state index contributed by atoms with van der Waals surface area (Å²) in [4.78, 5) is 2.61. The Labute approximate surface area is 82.7 Å². The second kappa shape index (κ2) is 3.97. The van der Waals surface area contributed by atoms with E-state index < -0.39 is 0 Å². The van der Waals surface area contributed by atoms with E-state index in [4.69, 9.17) is 0 Å². The molecule has 1 heterocycles. The Morgan fingerprint density at radius 1 is 1.15 bits per heavy atom. The predicted octanol–water partition coefficient (Wildman–Crippen LogP) is 1.71. The Kier molecular flexibility index (Phi) is 3.36. The molecule has 0 aliphatic carbocycles. The summed E-state index contributed by atoms with van der Waals surface area (Å²) in [5, 5.41) is 3.51. The van der Waals surface area contributed by atoms with Crippen molar-refractivity contribution >= 4 is 0 Å². The van der Waals surface area contributed by atoms with Gasteiger partial charge in [-0.15, -0.1) is 0 Å². The maximum absolute atomic E-state index is 3.51. The summed E-state index contributed by atoms with van der Waals surface area (Å²) in [5.41, 5.74) is 0.305. The van der Waals surface area contributed by atoms with Gasteiger partial charge in [0.2, 0.25) is 0 Å². The van der Waals surface area contributed by atoms with Gasteiger partial charge in [0.1, 0.15) is 0 Å². The minimum Gasteiger partial charge on any atom is -0.315 e. The quantitative estimate of drug-likeness (QED) is 0.616. The molecule has 1 aliphatic heterocycles. The molecule has 0 bridgehead atoms. The van der Waals surface area contributed by atoms with Gasteiger partial charge in [-0.3, -0.25) is 4.90 Å². The first-order valence-corrected chi connectivity index (χ1v) is 5.38. The van der Waals surface area contributed by atoms with Crippen molar-refractivity contribution in [2.24, 2.45) is 5.92 Å². The van der Waals surface area contributed by atoms with Gasteiger partial charge in [-0.2, -0.15) is 0 Å². The minimum absolute atomic E-state index is 0.305. The zero-order valence-electron chi connectivity index (χ0n) is 9.72. The number of nitrogens with one attached hydrogen (secondary N) is 1. The molecule has 0 aromatic rings. The van der Waals surface area contributed by atoms with Crippen molar-refractivity contribution in [2.45, 2.75) is 46.2 Å². The second-order valence-electron chi connectivity index (χ2n) is 5.44. The maximum Gasteiger partial charge on any atom is 0.0197 e. The fourth-order valence-corrected chi connectivity index (χ4v) is 2.16. The van der Waals surface area contributed by atoms with Crippen LogP contribution in [-0.4, -0.2) is 36.1 Å². The summed E-state index contributed by atoms with van der Waals surface area (Å²) < 4.78 is 0. The van der Waals surface area contributed by atoms with E-state index in [1.54, 1.807) is 0 Å². The van der Waals surface area contributed by atoms with Gasteiger partial charge >= 0.3 is 0 Å². The molecule has 1 aliphatic rings. The average Bonchev–Trinajstić information content (AvgIpc) is 2.11. The van der Waals surface area contributed by atoms with Crippen LogP contribution in [0, 0.1) is 5.92 Å². The molecule has 0 saturated carbocycles. The normalized spacial score (nSPS) is 33.0. The van der Waals surface area contributed by atoms with Gasteiger partial charge in [-0.1, -0.05) is 6.92 Å². The third-order valence-electron chi connectivity index (χ3n) is 2.83. The first kappa shape index (κ1) is 11.0. The van der Waals surface area contributed by atoms with Gasteiger partial charge in [0.15, 0.2) is 0 Å². The molecule has 0 radical (unpaired) electrons. The second-order valence-corrected chi connectivity index (χ2v) is 5.44. The van der Waals surface area contributed by atoms with Crippen molar-refractivity contribution in [3.8, 4) is 0 Å². The van der Waals surface area contributed by atoms with E-state index in [9.17, 15) is 0 Å². The molecule has 1 saturated heterocycles. The Morgan fingerprint density at radius 3 is 2.31 bits per heavy atom. The summed E-state index contributed by atoms with van der Waals surface area (Å²) in [6.45, 7) is 15.1. The smallest absolute Gasteiger partial charge is 0.0197 e. The van der Waals surface area contributed by atoms with Crippen molar-refractivity contribution in [2.75, 3.05) is 19.6 Å². The summed E-state index contributed by atoms with van der Waals surface area (Å²) in [5.74, 6) is 0.768. The van der Waals surface area contributed by atoms with Crippen LogP contribution in [0.1, 0.15) is 34.6 Å². The molecule has 2 heteroatoms. The largest absolute Gasteiger partial charge is 0.315 e. The van der Waals surface area contributed by atoms with Crippen LogP contribution in [0.3, 0.4) is 0 Å². The van der Waals surface area contributed by atoms with Gasteiger partial charge in [-0.05, 0) is 40.2 Å². The third-order valence-corrected chi connectivity index (χ3v) is 2.83. The molecular formula is C11H24N2. The van der Waals surface area contributed by atoms with E-state index in [1.165, 1.54) is 6.54 Å². The van der Waals surface area contributed by atoms with Crippen molar-refractivity contribution in [1.29, 1.82) is 0 Å². The highest BCUT2D eigenvalue weighted by atomic mass is 15.2. The molecular weight excluding hydrogens is 160 g/mol. The van der Waals surface area contributed by atoms with Crippen LogP contribution in [0.4, 0.5) is 0 Å². The van der Waals surface area contributed by atoms with Crippen LogP contribution in [-0.2, 0) is 0 Å². The Hall–Kier alpha value is -0.0800. The van der Waals surface area contributed by atoms with E-state index in [1.807, 2.05) is 0 Å². The van der Waals surface area contributed by atoms with Crippen molar-refractivity contribution in [3.63, 3.8) is 0 Å². The van der Waals surface area contributed by atoms with Gasteiger partial charge in [-0.25, -0.2) is 0 Å². The Balaban J connectivity index is 2.67. The van der Waals surface area contributed by atoms with Gasteiger partial charge in [0, 0.05) is 24.7 Å². The zero-order valence-corrected chi connectivity index (χ0v) is 9.72. The molecule has 1 fully saturated rings. The van der Waals surface area contributed by atoms with Crippen LogP contribution in [0.15, 0.2) is 0 Å². The van der Waals surface area contributed by atoms with Crippen LogP contribution in [0.2, 0.25) is 0 Å². The fourth-order valence-electron chi connectivity index (χ4n) is 2.16. The minimum atomic E-state index is 0.305. The highest BCUT2D eigenvalue weighted by molar-refractivity contribution is 4.86. The van der Waals surface area contributed by atoms with Gasteiger partial charge in [0.05, 0.1) is 0 Å². The van der Waals surface area contributed by atoms with E-state index in [0.717, 1.165) is 19.0 Å². The van der Waals surface area contributed by atoms with E-state index in [2.05, 4.69) is 44.8 Å². The number of hydrogen-bond acceptors (Lipinski definition) is 2. The van der Waals surface area contributed by atoms with Crippen LogP contribution >= 0.6 is 0 Å². The summed E-state index contributed by atoms with van der Waals surface area (Å²) in [6, 6.07) is 0.657. The first-order chi connectivity index (χ1) is 5.91. The number of hydrogen-bond donors (Lipinski definition) is 1. The zero-order chi connectivity index (χ0) is 10.1. The lowest BCUT2D eigenvalue weighted by molar-refractivity contribution is 0.0882. The molecule has 0 amide bonds. The molecule has 1 N–H and O–H groups in total. The van der Waals surface area contributed by atoms with E-state index >= 15 is 0 Å². The molecule has 0 aromatic heterocycles. The van der Waals surface area contributed by atoms with Crippen molar-refractivity contribution < 1.29 is 0 Å². The number of rotatable bonds is 0. The van der Waals surface area contributed by atoms with Gasteiger partial charge in [0.25, 0.3) is 0 Å². The molecule has 2 nitrogen and oxygen atoms in total. The molecule has 0 spiro atoms. The lowest BCUT2D eigenvalue weighted by atomic mass is 10.0. The van der Waals surface area contributed by atoms with Crippen LogP contribution < -0.4 is 5.32 Å². The topological polar surface area (TPSA) is 15.3 Å². The molecule has 1 rings (SSSR count). The van der Waals surface area contributed by atoms with Crippen LogP contribution in [0.25, 0.3) is 0 Å². The molecule has 13 heavy (non-hydrogen) atoms. The molecule has 2 unspecified atom stereocenters. The standard InChI is InChI=1S/C11H24N2/c1-9-6-12-7-10(2)13(8-9)11(3,4)5/h9-10,12H,6-8H2,1-5H3. The highest BCUT2D eigenvalue weighted by Gasteiger charge is 2.29. The highest BCUT2D eigenvalue weighted by Crippen LogP contribution is 2.20. The summed E-state index contributed by atoms with van der Waals surface area (Å²) in [6.07, 6.45) is 0. The fraction of sp³-hybridized carbons (Fsp3) is 1.00. The Morgan fingerprint density at radius 2 is 1.77 bits per heavy atom. The molecule has 78 valence electrons. The summed E-state index contributed by atoms with van der Waals surface area (Å²) >= 11 is 0. The molecule has 2 atom stereocenters. The molecule has 0 aromatic carbocycles. The maximum atomic E-state index is 3.51. The van der Waals surface area contributed by atoms with Crippen molar-refractivity contribution in [1.82, 2.24) is 10.2 Å². The lowest BCUT2D eigenvalue weighted by Gasteiger charge is -2.40. The predicted molar refractivity (Wildman–Crippen MR) is 58.0 cm³/mol. The first-order valence-electron chi connectivity index (χ1n) is 5.38. The lowest BCUT2D eigenvalue weighted by Crippen LogP contribution is -2.49. The van der Waals surface area contributed by atoms with E-state index in [0.29, 0.717) is 11.6 Å². The van der Waals surface area contributed by atoms with E-state index in [-0.39, 0.29) is 0 Å². The third kappa shape index (κ3) is 2.96.